The summed E-state index contributed by atoms with van der Waals surface area (Å²) in [6.07, 6.45) is 0.903. The van der Waals surface area contributed by atoms with E-state index in [0.717, 1.165) is 0 Å². The monoisotopic (exact) mass is 370 g/mol. The number of carboxylic acid groups (broad SMARTS) is 1. The number of sulfonamides is 1. The number of hydrogen-bond acceptors (Lipinski definition) is 5. The topological polar surface area (TPSA) is 113 Å². The van der Waals surface area contributed by atoms with Gasteiger partial charge in [0.2, 0.25) is 15.9 Å². The first-order valence-corrected chi connectivity index (χ1v) is 9.32. The van der Waals surface area contributed by atoms with Crippen molar-refractivity contribution in [3.05, 3.63) is 18.2 Å². The molecule has 9 heteroatoms. The van der Waals surface area contributed by atoms with E-state index in [4.69, 9.17) is 4.74 Å². The molecular formula is C16H22N2O6S. The third-order valence-corrected chi connectivity index (χ3v) is 6.33. The number of methoxy groups -OCH3 is 1. The molecule has 25 heavy (non-hydrogen) atoms. The van der Waals surface area contributed by atoms with E-state index in [9.17, 15) is 23.1 Å². The molecule has 2 atom stereocenters. The van der Waals surface area contributed by atoms with Crippen molar-refractivity contribution in [2.45, 2.75) is 37.6 Å². The van der Waals surface area contributed by atoms with Crippen molar-refractivity contribution in [3.63, 3.8) is 0 Å². The van der Waals surface area contributed by atoms with Crippen LogP contribution in [0.2, 0.25) is 0 Å². The average Bonchev–Trinajstić information content (AvgIpc) is 2.54. The molecule has 8 nitrogen and oxygen atoms in total. The Balaban J connectivity index is 2.47. The van der Waals surface area contributed by atoms with Crippen molar-refractivity contribution in [3.8, 4) is 5.75 Å². The minimum Gasteiger partial charge on any atom is -0.495 e. The molecule has 1 saturated heterocycles. The van der Waals surface area contributed by atoms with E-state index in [-0.39, 0.29) is 23.1 Å². The molecule has 1 aliphatic heterocycles. The molecule has 0 radical (unpaired) electrons. The van der Waals surface area contributed by atoms with Gasteiger partial charge in [-0.25, -0.2) is 8.42 Å². The summed E-state index contributed by atoms with van der Waals surface area (Å²) in [5.74, 6) is -1.95. The number of carboxylic acids is 1. The van der Waals surface area contributed by atoms with Gasteiger partial charge in [-0.2, -0.15) is 4.31 Å². The number of nitrogens with one attached hydrogen (secondary N) is 1. The third kappa shape index (κ3) is 3.93. The molecular weight excluding hydrogens is 348 g/mol. The molecule has 0 aliphatic carbocycles. The largest absolute Gasteiger partial charge is 0.495 e. The van der Waals surface area contributed by atoms with Crippen LogP contribution in [-0.4, -0.2) is 49.4 Å². The van der Waals surface area contributed by atoms with Crippen molar-refractivity contribution < 1.29 is 27.9 Å². The van der Waals surface area contributed by atoms with Gasteiger partial charge in [-0.3, -0.25) is 9.59 Å². The summed E-state index contributed by atoms with van der Waals surface area (Å²) in [5, 5.41) is 11.9. The van der Waals surface area contributed by atoms with E-state index in [0.29, 0.717) is 18.5 Å². The summed E-state index contributed by atoms with van der Waals surface area (Å²) in [7, 11) is -2.63. The second-order valence-corrected chi connectivity index (χ2v) is 7.85. The summed E-state index contributed by atoms with van der Waals surface area (Å²) in [4.78, 5) is 22.5. The van der Waals surface area contributed by atoms with Crippen molar-refractivity contribution in [1.29, 1.82) is 0 Å². The zero-order valence-corrected chi connectivity index (χ0v) is 15.2. The molecule has 1 aromatic carbocycles. The number of piperidine rings is 1. The van der Waals surface area contributed by atoms with Crippen LogP contribution in [0.4, 0.5) is 5.69 Å². The number of anilines is 1. The molecule has 0 unspecified atom stereocenters. The van der Waals surface area contributed by atoms with Crippen LogP contribution < -0.4 is 10.1 Å². The number of amides is 1. The third-order valence-electron chi connectivity index (χ3n) is 4.32. The fourth-order valence-corrected chi connectivity index (χ4v) is 4.96. The van der Waals surface area contributed by atoms with Gasteiger partial charge < -0.3 is 15.2 Å². The van der Waals surface area contributed by atoms with Gasteiger partial charge in [-0.1, -0.05) is 0 Å². The Hall–Kier alpha value is -2.13. The Morgan fingerprint density at radius 3 is 2.60 bits per heavy atom. The van der Waals surface area contributed by atoms with Gasteiger partial charge >= 0.3 is 5.97 Å². The van der Waals surface area contributed by atoms with Crippen LogP contribution in [0.25, 0.3) is 0 Å². The summed E-state index contributed by atoms with van der Waals surface area (Å²) < 4.78 is 32.6. The van der Waals surface area contributed by atoms with Crippen LogP contribution in [0.15, 0.2) is 23.1 Å². The van der Waals surface area contributed by atoms with Gasteiger partial charge in [0, 0.05) is 25.2 Å². The first-order valence-electron chi connectivity index (χ1n) is 7.88. The lowest BCUT2D eigenvalue weighted by molar-refractivity contribution is -0.144. The van der Waals surface area contributed by atoms with E-state index in [1.807, 2.05) is 0 Å². The predicted molar refractivity (Wildman–Crippen MR) is 91.0 cm³/mol. The van der Waals surface area contributed by atoms with Crippen LogP contribution in [-0.2, 0) is 19.6 Å². The number of benzene rings is 1. The van der Waals surface area contributed by atoms with Gasteiger partial charge in [0.05, 0.1) is 13.0 Å². The van der Waals surface area contributed by atoms with Crippen LogP contribution >= 0.6 is 0 Å². The highest BCUT2D eigenvalue weighted by Gasteiger charge is 2.40. The Labute approximate surface area is 146 Å². The van der Waals surface area contributed by atoms with Gasteiger partial charge in [-0.15, -0.1) is 0 Å². The van der Waals surface area contributed by atoms with Crippen LogP contribution in [0.5, 0.6) is 5.75 Å². The maximum Gasteiger partial charge on any atom is 0.308 e. The highest BCUT2D eigenvalue weighted by atomic mass is 32.2. The SMILES string of the molecule is COc1ccc(NC(C)=O)cc1S(=O)(=O)N1CCC[C@H](C(=O)O)[C@@H]1C. The first kappa shape index (κ1) is 19.2. The number of aliphatic carboxylic acids is 1. The molecule has 138 valence electrons. The number of carbonyl (C=O) groups is 2. The van der Waals surface area contributed by atoms with E-state index in [2.05, 4.69) is 5.32 Å². The van der Waals surface area contributed by atoms with Crippen molar-refractivity contribution in [2.24, 2.45) is 5.92 Å². The van der Waals surface area contributed by atoms with Gasteiger partial charge in [0.1, 0.15) is 10.6 Å². The lowest BCUT2D eigenvalue weighted by Gasteiger charge is -2.36. The zero-order chi connectivity index (χ0) is 18.8. The maximum absolute atomic E-state index is 13.1. The zero-order valence-electron chi connectivity index (χ0n) is 14.4. The van der Waals surface area contributed by atoms with E-state index < -0.39 is 28.0 Å². The molecule has 2 N–H and O–H groups in total. The molecule has 1 heterocycles. The van der Waals surface area contributed by atoms with Gasteiger partial charge in [0.25, 0.3) is 0 Å². The molecule has 0 aromatic heterocycles. The van der Waals surface area contributed by atoms with E-state index in [1.165, 1.54) is 30.5 Å². The molecule has 0 spiro atoms. The van der Waals surface area contributed by atoms with Gasteiger partial charge in [0.15, 0.2) is 0 Å². The highest BCUT2D eigenvalue weighted by Crippen LogP contribution is 2.34. The molecule has 0 bridgehead atoms. The van der Waals surface area contributed by atoms with Crippen LogP contribution in [0.1, 0.15) is 26.7 Å². The number of nitrogens with zero attached hydrogens (tertiary/aromatic N) is 1. The second-order valence-electron chi connectivity index (χ2n) is 5.99. The lowest BCUT2D eigenvalue weighted by atomic mass is 9.92. The number of carbonyl (C=O) groups excluding carboxylic acids is 1. The van der Waals surface area contributed by atoms with Crippen molar-refractivity contribution >= 4 is 27.6 Å². The van der Waals surface area contributed by atoms with Gasteiger partial charge in [-0.05, 0) is 38.0 Å². The highest BCUT2D eigenvalue weighted by molar-refractivity contribution is 7.89. The Morgan fingerprint density at radius 1 is 1.36 bits per heavy atom. The normalized spacial score (nSPS) is 21.6. The smallest absolute Gasteiger partial charge is 0.308 e. The molecule has 1 amide bonds. The first-order chi connectivity index (χ1) is 11.7. The fourth-order valence-electron chi connectivity index (χ4n) is 3.07. The maximum atomic E-state index is 13.1. The Morgan fingerprint density at radius 2 is 2.04 bits per heavy atom. The minimum atomic E-state index is -3.99. The van der Waals surface area contributed by atoms with Crippen molar-refractivity contribution in [2.75, 3.05) is 19.0 Å². The summed E-state index contributed by atoms with van der Waals surface area (Å²) >= 11 is 0. The summed E-state index contributed by atoms with van der Waals surface area (Å²) in [5.41, 5.74) is 0.325. The predicted octanol–water partition coefficient (Wildman–Crippen LogP) is 1.53. The molecule has 1 aliphatic rings. The fraction of sp³-hybridized carbons (Fsp3) is 0.500. The van der Waals surface area contributed by atoms with Crippen LogP contribution in [0.3, 0.4) is 0 Å². The summed E-state index contributed by atoms with van der Waals surface area (Å²) in [6, 6.07) is 3.65. The van der Waals surface area contributed by atoms with E-state index >= 15 is 0 Å². The quantitative estimate of drug-likeness (QED) is 0.813. The van der Waals surface area contributed by atoms with Crippen molar-refractivity contribution in [1.82, 2.24) is 4.31 Å². The number of rotatable bonds is 5. The van der Waals surface area contributed by atoms with E-state index in [1.54, 1.807) is 13.0 Å². The second kappa shape index (κ2) is 7.40. The minimum absolute atomic E-state index is 0.0980. The molecule has 2 rings (SSSR count). The summed E-state index contributed by atoms with van der Waals surface area (Å²) in [6.45, 7) is 3.16. The lowest BCUT2D eigenvalue weighted by Crippen LogP contribution is -2.49. The van der Waals surface area contributed by atoms with Crippen LogP contribution in [0, 0.1) is 5.92 Å². The molecule has 1 aromatic rings. The molecule has 0 saturated carbocycles. The standard InChI is InChI=1S/C16H22N2O6S/c1-10-13(16(20)21)5-4-8-18(10)25(22,23)15-9-12(17-11(2)19)6-7-14(15)24-3/h6-7,9-10,13H,4-5,8H2,1-3H3,(H,17,19)(H,20,21)/t10-,13-/m0/s1. The number of ether oxygens (including phenoxy) is 1. The average molecular weight is 370 g/mol. The molecule has 1 fully saturated rings. The Bertz CT molecular complexity index is 777. The number of hydrogen-bond donors (Lipinski definition) is 2. The Kier molecular flexibility index (Phi) is 5.69.